The van der Waals surface area contributed by atoms with E-state index in [1.54, 1.807) is 18.2 Å². The number of ether oxygens (including phenoxy) is 1. The van der Waals surface area contributed by atoms with Crippen LogP contribution >= 0.6 is 0 Å². The molecule has 27 heavy (non-hydrogen) atoms. The van der Waals surface area contributed by atoms with Crippen molar-refractivity contribution in [3.8, 4) is 5.75 Å². The molecule has 2 aliphatic rings. The predicted molar refractivity (Wildman–Crippen MR) is 102 cm³/mol. The van der Waals surface area contributed by atoms with Gasteiger partial charge in [0, 0.05) is 11.1 Å². The highest BCUT2D eigenvalue weighted by atomic mass is 16.5. The van der Waals surface area contributed by atoms with Crippen molar-refractivity contribution >= 4 is 17.7 Å². The van der Waals surface area contributed by atoms with Crippen LogP contribution in [-0.4, -0.2) is 34.8 Å². The Morgan fingerprint density at radius 2 is 1.96 bits per heavy atom. The third-order valence-corrected chi connectivity index (χ3v) is 5.82. The van der Waals surface area contributed by atoms with Crippen molar-refractivity contribution in [2.45, 2.75) is 65.0 Å². The molecule has 1 aromatic rings. The van der Waals surface area contributed by atoms with Gasteiger partial charge in [0.05, 0.1) is 13.2 Å². The van der Waals surface area contributed by atoms with Crippen molar-refractivity contribution in [3.63, 3.8) is 0 Å². The van der Waals surface area contributed by atoms with E-state index in [2.05, 4.69) is 5.32 Å². The van der Waals surface area contributed by atoms with E-state index in [-0.39, 0.29) is 30.2 Å². The summed E-state index contributed by atoms with van der Waals surface area (Å²) in [6.07, 6.45) is 5.30. The van der Waals surface area contributed by atoms with Gasteiger partial charge in [-0.3, -0.25) is 14.5 Å². The fourth-order valence-corrected chi connectivity index (χ4v) is 4.20. The molecule has 146 valence electrons. The highest BCUT2D eigenvalue weighted by molar-refractivity contribution is 6.07. The lowest BCUT2D eigenvalue weighted by Crippen LogP contribution is -2.51. The molecule has 6 nitrogen and oxygen atoms in total. The Hall–Kier alpha value is -2.37. The number of hydrogen-bond donors (Lipinski definition) is 1. The van der Waals surface area contributed by atoms with E-state index in [0.717, 1.165) is 25.7 Å². The molecule has 0 bridgehead atoms. The number of rotatable bonds is 6. The molecule has 0 unspecified atom stereocenters. The van der Waals surface area contributed by atoms with Crippen LogP contribution in [0.5, 0.6) is 5.75 Å². The quantitative estimate of drug-likeness (QED) is 0.610. The van der Waals surface area contributed by atoms with Crippen molar-refractivity contribution in [2.75, 3.05) is 6.61 Å². The number of amides is 3. The van der Waals surface area contributed by atoms with Crippen LogP contribution in [0.3, 0.4) is 0 Å². The van der Waals surface area contributed by atoms with Crippen molar-refractivity contribution in [3.05, 3.63) is 29.3 Å². The first-order valence-electron chi connectivity index (χ1n) is 9.77. The molecule has 0 aromatic heterocycles. The number of Topliss-reactive ketones (excluding diaryl/α,β-unsaturated/α-hetero) is 1. The van der Waals surface area contributed by atoms with Gasteiger partial charge in [0.1, 0.15) is 11.3 Å². The van der Waals surface area contributed by atoms with Crippen LogP contribution in [0, 0.1) is 5.92 Å². The topological polar surface area (TPSA) is 75.7 Å². The monoisotopic (exact) mass is 372 g/mol. The van der Waals surface area contributed by atoms with E-state index in [4.69, 9.17) is 4.74 Å². The van der Waals surface area contributed by atoms with Crippen LogP contribution in [0.2, 0.25) is 0 Å². The van der Waals surface area contributed by atoms with E-state index >= 15 is 0 Å². The van der Waals surface area contributed by atoms with Gasteiger partial charge in [-0.1, -0.05) is 19.3 Å². The van der Waals surface area contributed by atoms with E-state index in [0.29, 0.717) is 23.5 Å². The second-order valence-corrected chi connectivity index (χ2v) is 7.67. The Balaban J connectivity index is 1.86. The van der Waals surface area contributed by atoms with Crippen LogP contribution < -0.4 is 10.1 Å². The number of nitrogens with one attached hydrogen (secondary N) is 1. The average molecular weight is 372 g/mol. The first-order chi connectivity index (χ1) is 12.9. The van der Waals surface area contributed by atoms with Crippen molar-refractivity contribution in [2.24, 2.45) is 5.92 Å². The number of nitrogens with zero attached hydrogens (tertiary/aromatic N) is 1. The maximum Gasteiger partial charge on any atom is 0.325 e. The lowest BCUT2D eigenvalue weighted by molar-refractivity contribution is -0.133. The number of urea groups is 1. The highest BCUT2D eigenvalue weighted by Crippen LogP contribution is 2.37. The Morgan fingerprint density at radius 1 is 1.26 bits per heavy atom. The van der Waals surface area contributed by atoms with Gasteiger partial charge in [0.15, 0.2) is 5.78 Å². The average Bonchev–Trinajstić information content (AvgIpc) is 2.88. The van der Waals surface area contributed by atoms with Crippen molar-refractivity contribution in [1.29, 1.82) is 0 Å². The Bertz CT molecular complexity index is 755. The van der Waals surface area contributed by atoms with Gasteiger partial charge in [-0.2, -0.15) is 0 Å². The van der Waals surface area contributed by atoms with Crippen LogP contribution in [0.4, 0.5) is 4.79 Å². The maximum absolute atomic E-state index is 13.2. The fraction of sp³-hybridized carbons (Fsp3) is 0.571. The summed E-state index contributed by atoms with van der Waals surface area (Å²) < 4.78 is 5.64. The van der Waals surface area contributed by atoms with Crippen LogP contribution in [0.1, 0.15) is 68.8 Å². The molecule has 1 aliphatic heterocycles. The first-order valence-corrected chi connectivity index (χ1v) is 9.77. The first kappa shape index (κ1) is 19.4. The smallest absolute Gasteiger partial charge is 0.325 e. The third kappa shape index (κ3) is 3.70. The molecule has 0 radical (unpaired) electrons. The van der Waals surface area contributed by atoms with Crippen molar-refractivity contribution in [1.82, 2.24) is 10.2 Å². The van der Waals surface area contributed by atoms with Gasteiger partial charge in [0.2, 0.25) is 0 Å². The summed E-state index contributed by atoms with van der Waals surface area (Å²) in [5, 5.41) is 2.94. The van der Waals surface area contributed by atoms with Crippen LogP contribution in [-0.2, 0) is 11.3 Å². The Morgan fingerprint density at radius 3 is 2.59 bits per heavy atom. The van der Waals surface area contributed by atoms with Gasteiger partial charge in [-0.15, -0.1) is 0 Å². The molecule has 3 amide bonds. The number of ketones is 1. The minimum atomic E-state index is -0.846. The lowest BCUT2D eigenvalue weighted by Gasteiger charge is -2.34. The van der Waals surface area contributed by atoms with E-state index in [1.165, 1.54) is 18.2 Å². The molecule has 1 heterocycles. The summed E-state index contributed by atoms with van der Waals surface area (Å²) in [6.45, 7) is 5.78. The molecule has 1 saturated carbocycles. The second-order valence-electron chi connectivity index (χ2n) is 7.67. The summed E-state index contributed by atoms with van der Waals surface area (Å²) in [6, 6.07) is 4.77. The summed E-state index contributed by atoms with van der Waals surface area (Å²) in [4.78, 5) is 38.8. The summed E-state index contributed by atoms with van der Waals surface area (Å²) >= 11 is 0. The minimum absolute atomic E-state index is 0.0662. The van der Waals surface area contributed by atoms with E-state index < -0.39 is 5.54 Å². The molecule has 6 heteroatoms. The minimum Gasteiger partial charge on any atom is -0.494 e. The van der Waals surface area contributed by atoms with E-state index in [1.807, 2.05) is 13.8 Å². The molecule has 3 rings (SSSR count). The molecular formula is C21H28N2O4. The molecule has 0 spiro atoms. The SMILES string of the molecule is CCOc1ccc(C(C)=O)cc1CN1C(=O)N[C@@](C)(C2CCCCC2)C1=O. The van der Waals surface area contributed by atoms with Gasteiger partial charge < -0.3 is 10.1 Å². The zero-order valence-electron chi connectivity index (χ0n) is 16.3. The summed E-state index contributed by atoms with van der Waals surface area (Å²) in [7, 11) is 0. The molecule has 2 fully saturated rings. The normalized spacial score (nSPS) is 23.4. The molecular weight excluding hydrogens is 344 g/mol. The maximum atomic E-state index is 13.2. The van der Waals surface area contributed by atoms with Gasteiger partial charge in [-0.25, -0.2) is 4.79 Å². The summed E-state index contributed by atoms with van der Waals surface area (Å²) in [5.74, 6) is 0.510. The molecule has 1 aliphatic carbocycles. The molecule has 1 saturated heterocycles. The van der Waals surface area contributed by atoms with Gasteiger partial charge >= 0.3 is 6.03 Å². The number of carbonyl (C=O) groups is 3. The summed E-state index contributed by atoms with van der Waals surface area (Å²) in [5.41, 5.74) is 0.359. The molecule has 1 aromatic carbocycles. The van der Waals surface area contributed by atoms with Crippen LogP contribution in [0.15, 0.2) is 18.2 Å². The number of benzene rings is 1. The third-order valence-electron chi connectivity index (χ3n) is 5.82. The second kappa shape index (κ2) is 7.71. The van der Waals surface area contributed by atoms with E-state index in [9.17, 15) is 14.4 Å². The largest absolute Gasteiger partial charge is 0.494 e. The molecule has 1 N–H and O–H groups in total. The predicted octanol–water partition coefficient (Wildman–Crippen LogP) is 3.68. The fourth-order valence-electron chi connectivity index (χ4n) is 4.20. The molecule has 1 atom stereocenters. The van der Waals surface area contributed by atoms with Gasteiger partial charge in [-0.05, 0) is 57.7 Å². The number of imide groups is 1. The zero-order chi connectivity index (χ0) is 19.6. The Labute approximate surface area is 160 Å². The van der Waals surface area contributed by atoms with Gasteiger partial charge in [0.25, 0.3) is 5.91 Å². The number of hydrogen-bond acceptors (Lipinski definition) is 4. The van der Waals surface area contributed by atoms with Crippen LogP contribution in [0.25, 0.3) is 0 Å². The Kier molecular flexibility index (Phi) is 5.53. The zero-order valence-corrected chi connectivity index (χ0v) is 16.3. The van der Waals surface area contributed by atoms with Crippen molar-refractivity contribution < 1.29 is 19.1 Å². The number of carbonyl (C=O) groups excluding carboxylic acids is 3. The standard InChI is InChI=1S/C21H28N2O4/c1-4-27-18-11-10-15(14(2)24)12-16(18)13-23-19(25)21(3,22-20(23)26)17-8-6-5-7-9-17/h10-12,17H,4-9,13H2,1-3H3,(H,22,26)/t21-/m0/s1. The highest BCUT2D eigenvalue weighted by Gasteiger charge is 2.52. The lowest BCUT2D eigenvalue weighted by atomic mass is 9.75.